The number of hydrogen-bond acceptors (Lipinski definition) is 1. The topological polar surface area (TPSA) is 28.9 Å². The van der Waals surface area contributed by atoms with Crippen LogP contribution in [0.2, 0.25) is 0 Å². The van der Waals surface area contributed by atoms with Gasteiger partial charge in [0.2, 0.25) is 0 Å². The fraction of sp³-hybridized carbons (Fsp3) is 0.100. The molecular formula is C10H10NO. The molecule has 12 heavy (non-hydrogen) atoms. The molecule has 0 saturated carbocycles. The maximum absolute atomic E-state index is 5.19. The molecule has 2 rings (SSSR count). The van der Waals surface area contributed by atoms with Gasteiger partial charge in [0.1, 0.15) is 5.76 Å². The number of nitrogens with one attached hydrogen (secondary N) is 1. The van der Waals surface area contributed by atoms with Gasteiger partial charge >= 0.3 is 0 Å². The SMILES string of the molecule is [CH](Cc1ccco1)c1ccc[nH]1. The monoisotopic (exact) mass is 160 g/mol. The molecule has 0 saturated heterocycles. The molecule has 0 fully saturated rings. The van der Waals surface area contributed by atoms with Crippen molar-refractivity contribution < 1.29 is 4.42 Å². The Morgan fingerprint density at radius 1 is 1.33 bits per heavy atom. The normalized spacial score (nSPS) is 10.3. The zero-order chi connectivity index (χ0) is 8.23. The second-order valence-corrected chi connectivity index (χ2v) is 2.61. The molecule has 2 aromatic rings. The molecule has 0 spiro atoms. The van der Waals surface area contributed by atoms with Crippen LogP contribution in [0.5, 0.6) is 0 Å². The first kappa shape index (κ1) is 7.22. The molecule has 1 N–H and O–H groups in total. The maximum Gasteiger partial charge on any atom is 0.104 e. The minimum atomic E-state index is 0.841. The lowest BCUT2D eigenvalue weighted by Gasteiger charge is -1.93. The molecule has 2 heterocycles. The van der Waals surface area contributed by atoms with Crippen LogP contribution in [-0.2, 0) is 6.42 Å². The van der Waals surface area contributed by atoms with E-state index in [4.69, 9.17) is 4.42 Å². The van der Waals surface area contributed by atoms with Crippen LogP contribution in [-0.4, -0.2) is 4.98 Å². The summed E-state index contributed by atoms with van der Waals surface area (Å²) >= 11 is 0. The molecule has 2 nitrogen and oxygen atoms in total. The highest BCUT2D eigenvalue weighted by Gasteiger charge is 1.97. The Kier molecular flexibility index (Phi) is 1.99. The molecule has 0 bridgehead atoms. The van der Waals surface area contributed by atoms with Gasteiger partial charge in [-0.05, 0) is 24.3 Å². The van der Waals surface area contributed by atoms with Gasteiger partial charge in [-0.15, -0.1) is 0 Å². The second kappa shape index (κ2) is 3.30. The summed E-state index contributed by atoms with van der Waals surface area (Å²) in [6.07, 6.45) is 6.54. The van der Waals surface area contributed by atoms with E-state index < -0.39 is 0 Å². The highest BCUT2D eigenvalue weighted by atomic mass is 16.3. The Balaban J connectivity index is 1.91. The zero-order valence-corrected chi connectivity index (χ0v) is 6.66. The van der Waals surface area contributed by atoms with Crippen LogP contribution in [0.25, 0.3) is 0 Å². The van der Waals surface area contributed by atoms with E-state index in [0.717, 1.165) is 17.9 Å². The van der Waals surface area contributed by atoms with E-state index in [1.54, 1.807) is 6.26 Å². The summed E-state index contributed by atoms with van der Waals surface area (Å²) in [5, 5.41) is 0. The molecule has 61 valence electrons. The van der Waals surface area contributed by atoms with Crippen molar-refractivity contribution in [2.75, 3.05) is 0 Å². The lowest BCUT2D eigenvalue weighted by Crippen LogP contribution is -1.85. The molecule has 0 aliphatic rings. The molecular weight excluding hydrogens is 150 g/mol. The summed E-state index contributed by atoms with van der Waals surface area (Å²) in [4.78, 5) is 3.10. The first-order valence-corrected chi connectivity index (χ1v) is 3.94. The average molecular weight is 160 g/mol. The number of rotatable bonds is 3. The summed E-state index contributed by atoms with van der Waals surface area (Å²) in [7, 11) is 0. The molecule has 0 aliphatic carbocycles. The lowest BCUT2D eigenvalue weighted by molar-refractivity contribution is 0.519. The van der Waals surface area contributed by atoms with E-state index in [0.29, 0.717) is 0 Å². The van der Waals surface area contributed by atoms with Gasteiger partial charge in [-0.2, -0.15) is 0 Å². The Morgan fingerprint density at radius 3 is 3.00 bits per heavy atom. The zero-order valence-electron chi connectivity index (χ0n) is 6.66. The Bertz CT molecular complexity index is 273. The van der Waals surface area contributed by atoms with Crippen LogP contribution in [0.15, 0.2) is 41.1 Å². The summed E-state index contributed by atoms with van der Waals surface area (Å²) in [6, 6.07) is 7.88. The quantitative estimate of drug-likeness (QED) is 0.733. The standard InChI is InChI=1S/C10H10NO/c1-3-9(11-7-1)5-6-10-4-2-8-12-10/h1-5,7-8,11H,6H2. The summed E-state index contributed by atoms with van der Waals surface area (Å²) in [5.74, 6) is 0.990. The van der Waals surface area contributed by atoms with Crippen molar-refractivity contribution in [3.05, 3.63) is 54.6 Å². The maximum atomic E-state index is 5.19. The molecule has 2 heteroatoms. The third kappa shape index (κ3) is 1.59. The van der Waals surface area contributed by atoms with Gasteiger partial charge in [-0.1, -0.05) is 0 Å². The number of hydrogen-bond donors (Lipinski definition) is 1. The van der Waals surface area contributed by atoms with Gasteiger partial charge in [-0.3, -0.25) is 0 Å². The Hall–Kier alpha value is -1.44. The third-order valence-electron chi connectivity index (χ3n) is 1.73. The number of furan rings is 1. The van der Waals surface area contributed by atoms with Crippen molar-refractivity contribution >= 4 is 0 Å². The summed E-state index contributed by atoms with van der Waals surface area (Å²) < 4.78 is 5.19. The number of aromatic nitrogens is 1. The first-order chi connectivity index (χ1) is 5.95. The fourth-order valence-electron chi connectivity index (χ4n) is 1.11. The average Bonchev–Trinajstić information content (AvgIpc) is 2.74. The van der Waals surface area contributed by atoms with Crippen LogP contribution >= 0.6 is 0 Å². The van der Waals surface area contributed by atoms with E-state index in [1.807, 2.05) is 30.5 Å². The van der Waals surface area contributed by atoms with Crippen molar-refractivity contribution in [3.63, 3.8) is 0 Å². The van der Waals surface area contributed by atoms with Crippen LogP contribution in [0.4, 0.5) is 0 Å². The minimum absolute atomic E-state index is 0.841. The predicted molar refractivity (Wildman–Crippen MR) is 46.6 cm³/mol. The smallest absolute Gasteiger partial charge is 0.104 e. The van der Waals surface area contributed by atoms with Gasteiger partial charge < -0.3 is 9.40 Å². The summed E-state index contributed by atoms with van der Waals surface area (Å²) in [5.41, 5.74) is 1.13. The molecule has 2 aromatic heterocycles. The largest absolute Gasteiger partial charge is 0.469 e. The molecule has 0 amide bonds. The lowest BCUT2D eigenvalue weighted by atomic mass is 10.2. The molecule has 0 atom stereocenters. The fourth-order valence-corrected chi connectivity index (χ4v) is 1.11. The van der Waals surface area contributed by atoms with Gasteiger partial charge in [0.15, 0.2) is 0 Å². The van der Waals surface area contributed by atoms with Crippen molar-refractivity contribution in [1.82, 2.24) is 4.98 Å². The first-order valence-electron chi connectivity index (χ1n) is 3.94. The Morgan fingerprint density at radius 2 is 2.33 bits per heavy atom. The van der Waals surface area contributed by atoms with E-state index in [1.165, 1.54) is 0 Å². The van der Waals surface area contributed by atoms with E-state index >= 15 is 0 Å². The van der Waals surface area contributed by atoms with Crippen LogP contribution < -0.4 is 0 Å². The van der Waals surface area contributed by atoms with E-state index in [-0.39, 0.29) is 0 Å². The third-order valence-corrected chi connectivity index (χ3v) is 1.73. The summed E-state index contributed by atoms with van der Waals surface area (Å²) in [6.45, 7) is 0. The molecule has 0 unspecified atom stereocenters. The van der Waals surface area contributed by atoms with Crippen molar-refractivity contribution in [2.45, 2.75) is 6.42 Å². The van der Waals surface area contributed by atoms with Crippen molar-refractivity contribution in [3.8, 4) is 0 Å². The van der Waals surface area contributed by atoms with Crippen LogP contribution in [0.3, 0.4) is 0 Å². The van der Waals surface area contributed by atoms with Gasteiger partial charge in [-0.25, -0.2) is 0 Å². The molecule has 0 aromatic carbocycles. The van der Waals surface area contributed by atoms with Crippen LogP contribution in [0, 0.1) is 6.42 Å². The number of H-pyrrole nitrogens is 1. The minimum Gasteiger partial charge on any atom is -0.469 e. The number of aromatic amines is 1. The predicted octanol–water partition coefficient (Wildman–Crippen LogP) is 2.40. The highest BCUT2D eigenvalue weighted by Crippen LogP contribution is 2.07. The van der Waals surface area contributed by atoms with E-state index in [9.17, 15) is 0 Å². The Labute approximate surface area is 71.2 Å². The van der Waals surface area contributed by atoms with Gasteiger partial charge in [0.25, 0.3) is 0 Å². The van der Waals surface area contributed by atoms with E-state index in [2.05, 4.69) is 11.4 Å². The van der Waals surface area contributed by atoms with Gasteiger partial charge in [0, 0.05) is 24.7 Å². The second-order valence-electron chi connectivity index (χ2n) is 2.61. The molecule has 0 aliphatic heterocycles. The van der Waals surface area contributed by atoms with Gasteiger partial charge in [0.05, 0.1) is 6.26 Å². The van der Waals surface area contributed by atoms with Crippen LogP contribution in [0.1, 0.15) is 11.5 Å². The van der Waals surface area contributed by atoms with Crippen molar-refractivity contribution in [2.24, 2.45) is 0 Å². The molecule has 1 radical (unpaired) electrons. The van der Waals surface area contributed by atoms with Crippen molar-refractivity contribution in [1.29, 1.82) is 0 Å². The highest BCUT2D eigenvalue weighted by molar-refractivity contribution is 5.16.